The highest BCUT2D eigenvalue weighted by Crippen LogP contribution is 2.23. The van der Waals surface area contributed by atoms with E-state index in [1.807, 2.05) is 80.6 Å². The molecule has 0 aliphatic heterocycles. The highest BCUT2D eigenvalue weighted by Gasteiger charge is 2.29. The minimum atomic E-state index is -3.93. The van der Waals surface area contributed by atoms with Crippen LogP contribution in [0.3, 0.4) is 0 Å². The van der Waals surface area contributed by atoms with E-state index in [9.17, 15) is 13.2 Å². The maximum absolute atomic E-state index is 13.4. The van der Waals surface area contributed by atoms with Crippen LogP contribution in [0, 0.1) is 20.8 Å². The Bertz CT molecular complexity index is 1220. The number of halogens is 1. The largest absolute Gasteiger partial charge is 0.348 e. The molecular weight excluding hydrogens is 500 g/mol. The van der Waals surface area contributed by atoms with Gasteiger partial charge >= 0.3 is 0 Å². The molecule has 3 aromatic carbocycles. The van der Waals surface area contributed by atoms with Crippen LogP contribution in [0.5, 0.6) is 0 Å². The number of carbonyl (C=O) groups is 1. The van der Waals surface area contributed by atoms with Crippen molar-refractivity contribution in [2.45, 2.75) is 51.1 Å². The van der Waals surface area contributed by atoms with Gasteiger partial charge in [-0.05, 0) is 68.5 Å². The molecule has 2 N–H and O–H groups in total. The first-order valence-electron chi connectivity index (χ1n) is 10.8. The van der Waals surface area contributed by atoms with Crippen LogP contribution in [0.1, 0.15) is 40.8 Å². The third kappa shape index (κ3) is 6.53. The van der Waals surface area contributed by atoms with E-state index in [1.54, 1.807) is 13.8 Å². The number of carbonyl (C=O) groups excluding carboxylic acids is 1. The summed E-state index contributed by atoms with van der Waals surface area (Å²) in [5.41, 5.74) is 4.09. The summed E-state index contributed by atoms with van der Waals surface area (Å²) >= 11 is 3.45. The second-order valence-corrected chi connectivity index (χ2v) is 10.9. The molecular formula is C26H29BrN2O3S. The summed E-state index contributed by atoms with van der Waals surface area (Å²) < 4.78 is 30.4. The predicted molar refractivity (Wildman–Crippen MR) is 136 cm³/mol. The number of benzene rings is 3. The van der Waals surface area contributed by atoms with Crippen LogP contribution in [0.25, 0.3) is 0 Å². The van der Waals surface area contributed by atoms with Crippen molar-refractivity contribution >= 4 is 31.9 Å². The van der Waals surface area contributed by atoms with Crippen LogP contribution in [-0.2, 0) is 21.2 Å². The SMILES string of the molecule is Cc1cc(C)c(S(=O)(=O)NC(Cc2ccccc2)C(=O)NC(C)c2cccc(Br)c2)c(C)c1. The Morgan fingerprint density at radius 3 is 2.18 bits per heavy atom. The van der Waals surface area contributed by atoms with Gasteiger partial charge in [-0.2, -0.15) is 4.72 Å². The van der Waals surface area contributed by atoms with E-state index in [2.05, 4.69) is 26.0 Å². The lowest BCUT2D eigenvalue weighted by Gasteiger charge is -2.23. The highest BCUT2D eigenvalue weighted by molar-refractivity contribution is 9.10. The van der Waals surface area contributed by atoms with Crippen molar-refractivity contribution in [3.8, 4) is 0 Å². The summed E-state index contributed by atoms with van der Waals surface area (Å²) in [5.74, 6) is -0.377. The van der Waals surface area contributed by atoms with Gasteiger partial charge in [0.1, 0.15) is 6.04 Å². The average molecular weight is 530 g/mol. The number of amides is 1. The smallest absolute Gasteiger partial charge is 0.241 e. The predicted octanol–water partition coefficient (Wildman–Crippen LogP) is 5.14. The maximum atomic E-state index is 13.4. The number of nitrogens with one attached hydrogen (secondary N) is 2. The normalized spacial score (nSPS) is 13.4. The van der Waals surface area contributed by atoms with Gasteiger partial charge in [-0.3, -0.25) is 4.79 Å². The van der Waals surface area contributed by atoms with Gasteiger partial charge in [-0.1, -0.05) is 76.1 Å². The van der Waals surface area contributed by atoms with Crippen LogP contribution in [0.2, 0.25) is 0 Å². The topological polar surface area (TPSA) is 75.3 Å². The quantitative estimate of drug-likeness (QED) is 0.424. The van der Waals surface area contributed by atoms with E-state index in [0.717, 1.165) is 21.2 Å². The molecule has 0 aromatic heterocycles. The second kappa shape index (κ2) is 10.6. The molecule has 0 fully saturated rings. The van der Waals surface area contributed by atoms with E-state index in [-0.39, 0.29) is 23.3 Å². The first kappa shape index (κ1) is 25.1. The Balaban J connectivity index is 1.90. The van der Waals surface area contributed by atoms with Crippen molar-refractivity contribution in [1.82, 2.24) is 10.0 Å². The van der Waals surface area contributed by atoms with Crippen LogP contribution in [-0.4, -0.2) is 20.4 Å². The Morgan fingerprint density at radius 1 is 0.939 bits per heavy atom. The van der Waals surface area contributed by atoms with Crippen molar-refractivity contribution in [1.29, 1.82) is 0 Å². The molecule has 0 spiro atoms. The standard InChI is InChI=1S/C26H29BrN2O3S/c1-17-13-18(2)25(19(3)14-17)33(31,32)29-24(15-21-9-6-5-7-10-21)26(30)28-20(4)22-11-8-12-23(27)16-22/h5-14,16,20,24,29H,15H2,1-4H3,(H,28,30). The van der Waals surface area contributed by atoms with Gasteiger partial charge in [0.15, 0.2) is 0 Å². The van der Waals surface area contributed by atoms with Gasteiger partial charge < -0.3 is 5.32 Å². The van der Waals surface area contributed by atoms with Crippen LogP contribution < -0.4 is 10.0 Å². The zero-order chi connectivity index (χ0) is 24.2. The molecule has 2 unspecified atom stereocenters. The van der Waals surface area contributed by atoms with Gasteiger partial charge in [-0.25, -0.2) is 8.42 Å². The van der Waals surface area contributed by atoms with Crippen molar-refractivity contribution in [3.05, 3.63) is 99.0 Å². The number of sulfonamides is 1. The molecule has 0 heterocycles. The molecule has 0 saturated heterocycles. The first-order valence-corrected chi connectivity index (χ1v) is 13.0. The summed E-state index contributed by atoms with van der Waals surface area (Å²) in [6.07, 6.45) is 0.237. The molecule has 33 heavy (non-hydrogen) atoms. The monoisotopic (exact) mass is 528 g/mol. The van der Waals surface area contributed by atoms with Crippen molar-refractivity contribution < 1.29 is 13.2 Å². The summed E-state index contributed by atoms with van der Waals surface area (Å²) in [5, 5.41) is 2.97. The molecule has 2 atom stereocenters. The summed E-state index contributed by atoms with van der Waals surface area (Å²) in [6, 6.07) is 19.5. The van der Waals surface area contributed by atoms with E-state index in [0.29, 0.717) is 11.1 Å². The summed E-state index contributed by atoms with van der Waals surface area (Å²) in [4.78, 5) is 13.5. The molecule has 3 rings (SSSR count). The molecule has 1 amide bonds. The Labute approximate surface area is 204 Å². The molecule has 5 nitrogen and oxygen atoms in total. The Kier molecular flexibility index (Phi) is 8.10. The number of aryl methyl sites for hydroxylation is 3. The summed E-state index contributed by atoms with van der Waals surface area (Å²) in [7, 11) is -3.93. The van der Waals surface area contributed by atoms with E-state index in [4.69, 9.17) is 0 Å². The highest BCUT2D eigenvalue weighted by atomic mass is 79.9. The molecule has 174 valence electrons. The molecule has 0 radical (unpaired) electrons. The molecule has 3 aromatic rings. The average Bonchev–Trinajstić information content (AvgIpc) is 2.72. The lowest BCUT2D eigenvalue weighted by molar-refractivity contribution is -0.123. The third-order valence-electron chi connectivity index (χ3n) is 5.48. The fourth-order valence-electron chi connectivity index (χ4n) is 4.05. The Morgan fingerprint density at radius 2 is 1.58 bits per heavy atom. The van der Waals surface area contributed by atoms with Gasteiger partial charge in [0, 0.05) is 4.47 Å². The van der Waals surface area contributed by atoms with Gasteiger partial charge in [0.2, 0.25) is 15.9 Å². The maximum Gasteiger partial charge on any atom is 0.241 e. The minimum absolute atomic E-state index is 0.221. The van der Waals surface area contributed by atoms with Crippen LogP contribution >= 0.6 is 15.9 Å². The van der Waals surface area contributed by atoms with Crippen molar-refractivity contribution in [3.63, 3.8) is 0 Å². The summed E-state index contributed by atoms with van der Waals surface area (Å²) in [6.45, 7) is 7.35. The molecule has 7 heteroatoms. The van der Waals surface area contributed by atoms with Crippen molar-refractivity contribution in [2.75, 3.05) is 0 Å². The molecule has 0 saturated carbocycles. The number of hydrogen-bond acceptors (Lipinski definition) is 3. The lowest BCUT2D eigenvalue weighted by Crippen LogP contribution is -2.48. The first-order chi connectivity index (χ1) is 15.6. The molecule has 0 aliphatic rings. The fourth-order valence-corrected chi connectivity index (χ4v) is 6.11. The lowest BCUT2D eigenvalue weighted by atomic mass is 10.0. The third-order valence-corrected chi connectivity index (χ3v) is 7.75. The molecule has 0 bridgehead atoms. The van der Waals surface area contributed by atoms with Gasteiger partial charge in [0.25, 0.3) is 0 Å². The second-order valence-electron chi connectivity index (χ2n) is 8.38. The van der Waals surface area contributed by atoms with Crippen LogP contribution in [0.15, 0.2) is 76.1 Å². The fraction of sp³-hybridized carbons (Fsp3) is 0.269. The van der Waals surface area contributed by atoms with Crippen LogP contribution in [0.4, 0.5) is 0 Å². The van der Waals surface area contributed by atoms with E-state index >= 15 is 0 Å². The van der Waals surface area contributed by atoms with E-state index < -0.39 is 16.1 Å². The van der Waals surface area contributed by atoms with E-state index in [1.165, 1.54) is 0 Å². The van der Waals surface area contributed by atoms with Gasteiger partial charge in [-0.15, -0.1) is 0 Å². The number of hydrogen-bond donors (Lipinski definition) is 2. The van der Waals surface area contributed by atoms with Gasteiger partial charge in [0.05, 0.1) is 10.9 Å². The Hall–Kier alpha value is -2.48. The minimum Gasteiger partial charge on any atom is -0.348 e. The zero-order valence-electron chi connectivity index (χ0n) is 19.2. The zero-order valence-corrected chi connectivity index (χ0v) is 21.6. The molecule has 0 aliphatic carbocycles. The number of rotatable bonds is 8. The van der Waals surface area contributed by atoms with Crippen molar-refractivity contribution in [2.24, 2.45) is 0 Å².